The molecule has 160 valence electrons. The van der Waals surface area contributed by atoms with Gasteiger partial charge in [0.15, 0.2) is 5.76 Å². The van der Waals surface area contributed by atoms with Crippen LogP contribution in [0.4, 0.5) is 0 Å². The molecule has 6 heteroatoms. The van der Waals surface area contributed by atoms with Gasteiger partial charge in [0.25, 0.3) is 0 Å². The van der Waals surface area contributed by atoms with Gasteiger partial charge in [-0.05, 0) is 51.2 Å². The molecule has 0 spiro atoms. The first kappa shape index (κ1) is 23.7. The fraction of sp³-hybridized carbons (Fsp3) is 0.458. The Hall–Kier alpha value is -2.58. The number of carbonyl (C=O) groups is 1. The largest absolute Gasteiger partial charge is 0.422 e. The number of benzene rings is 1. The van der Waals surface area contributed by atoms with Crippen molar-refractivity contribution in [1.82, 2.24) is 9.78 Å². The minimum absolute atomic E-state index is 0.0160. The highest BCUT2D eigenvalue weighted by Crippen LogP contribution is 2.35. The number of halogens is 1. The second kappa shape index (κ2) is 8.65. The third-order valence-electron chi connectivity index (χ3n) is 4.75. The van der Waals surface area contributed by atoms with Crippen molar-refractivity contribution < 1.29 is 9.53 Å². The third kappa shape index (κ3) is 4.94. The van der Waals surface area contributed by atoms with Gasteiger partial charge in [-0.15, -0.1) is 0 Å². The molecule has 1 aromatic carbocycles. The Kier molecular flexibility index (Phi) is 6.83. The summed E-state index contributed by atoms with van der Waals surface area (Å²) in [6.45, 7) is 15.9. The van der Waals surface area contributed by atoms with Crippen LogP contribution in [0.3, 0.4) is 0 Å². The van der Waals surface area contributed by atoms with E-state index < -0.39 is 11.4 Å². The summed E-state index contributed by atoms with van der Waals surface area (Å²) in [5, 5.41) is 14.8. The van der Waals surface area contributed by atoms with E-state index in [-0.39, 0.29) is 16.7 Å². The van der Waals surface area contributed by atoms with Crippen molar-refractivity contribution in [3.63, 3.8) is 0 Å². The Balaban J connectivity index is 2.77. The SMILES string of the molecule is CCn1nc(C)c(Cl)c1/C(OC(=O)C(C)(C)C)=C(\C#N)c1ccc(C(C)(C)C)cc1. The lowest BCUT2D eigenvalue weighted by molar-refractivity contribution is -0.145. The number of hydrogen-bond acceptors (Lipinski definition) is 4. The normalized spacial score (nSPS) is 12.9. The second-order valence-corrected chi connectivity index (χ2v) is 9.72. The van der Waals surface area contributed by atoms with E-state index >= 15 is 0 Å². The van der Waals surface area contributed by atoms with Crippen LogP contribution in [0, 0.1) is 23.7 Å². The number of carbonyl (C=O) groups excluding carboxylic acids is 1. The fourth-order valence-corrected chi connectivity index (χ4v) is 3.07. The van der Waals surface area contributed by atoms with E-state index in [1.807, 2.05) is 31.2 Å². The zero-order chi connectivity index (χ0) is 22.9. The predicted molar refractivity (Wildman–Crippen MR) is 121 cm³/mol. The molecule has 0 amide bonds. The molecular formula is C24H30ClN3O2. The molecule has 2 aromatic rings. The number of hydrogen-bond donors (Lipinski definition) is 0. The number of rotatable bonds is 4. The van der Waals surface area contributed by atoms with E-state index in [9.17, 15) is 10.1 Å². The summed E-state index contributed by atoms with van der Waals surface area (Å²) in [4.78, 5) is 12.8. The molecule has 5 nitrogen and oxygen atoms in total. The van der Waals surface area contributed by atoms with Crippen LogP contribution in [0.25, 0.3) is 11.3 Å². The lowest BCUT2D eigenvalue weighted by atomic mass is 9.86. The molecule has 0 unspecified atom stereocenters. The summed E-state index contributed by atoms with van der Waals surface area (Å²) in [7, 11) is 0. The molecular weight excluding hydrogens is 398 g/mol. The maximum atomic E-state index is 12.8. The van der Waals surface area contributed by atoms with Crippen LogP contribution in [-0.2, 0) is 21.5 Å². The van der Waals surface area contributed by atoms with E-state index in [2.05, 4.69) is 31.9 Å². The van der Waals surface area contributed by atoms with Crippen LogP contribution >= 0.6 is 11.6 Å². The Morgan fingerprint density at radius 2 is 1.73 bits per heavy atom. The topological polar surface area (TPSA) is 67.9 Å². The Morgan fingerprint density at radius 3 is 2.17 bits per heavy atom. The summed E-state index contributed by atoms with van der Waals surface area (Å²) in [5.74, 6) is -0.317. The molecule has 0 aliphatic heterocycles. The monoisotopic (exact) mass is 427 g/mol. The van der Waals surface area contributed by atoms with E-state index in [1.165, 1.54) is 0 Å². The Morgan fingerprint density at radius 1 is 1.17 bits per heavy atom. The lowest BCUT2D eigenvalue weighted by Gasteiger charge is -2.21. The summed E-state index contributed by atoms with van der Waals surface area (Å²) in [6, 6.07) is 9.94. The first-order valence-electron chi connectivity index (χ1n) is 10.0. The van der Waals surface area contributed by atoms with Gasteiger partial charge in [0, 0.05) is 6.54 Å². The van der Waals surface area contributed by atoms with E-state index in [1.54, 1.807) is 32.4 Å². The number of ether oxygens (including phenoxy) is 1. The van der Waals surface area contributed by atoms with Crippen molar-refractivity contribution in [3.8, 4) is 6.07 Å². The summed E-state index contributed by atoms with van der Waals surface area (Å²) < 4.78 is 7.47. The first-order valence-corrected chi connectivity index (χ1v) is 10.4. The van der Waals surface area contributed by atoms with Crippen LogP contribution in [0.5, 0.6) is 0 Å². The number of aryl methyl sites for hydroxylation is 2. The molecule has 0 saturated heterocycles. The maximum Gasteiger partial charge on any atom is 0.316 e. The van der Waals surface area contributed by atoms with E-state index in [4.69, 9.17) is 16.3 Å². The van der Waals surface area contributed by atoms with Crippen LogP contribution in [0.2, 0.25) is 5.02 Å². The lowest BCUT2D eigenvalue weighted by Crippen LogP contribution is -2.23. The average Bonchev–Trinajstić information content (AvgIpc) is 2.94. The van der Waals surface area contributed by atoms with Crippen LogP contribution < -0.4 is 0 Å². The zero-order valence-corrected chi connectivity index (χ0v) is 19.8. The van der Waals surface area contributed by atoms with E-state index in [0.717, 1.165) is 5.56 Å². The average molecular weight is 428 g/mol. The van der Waals surface area contributed by atoms with Crippen LogP contribution in [0.15, 0.2) is 24.3 Å². The number of esters is 1. The van der Waals surface area contributed by atoms with Crippen molar-refractivity contribution in [3.05, 3.63) is 51.8 Å². The second-order valence-electron chi connectivity index (χ2n) is 9.35. The van der Waals surface area contributed by atoms with E-state index in [0.29, 0.717) is 28.5 Å². The van der Waals surface area contributed by atoms with Crippen LogP contribution in [-0.4, -0.2) is 15.7 Å². The smallest absolute Gasteiger partial charge is 0.316 e. The standard InChI is InChI=1S/C24H30ClN3O2/c1-9-28-20(19(25)15(2)27-28)21(30-22(29)24(6,7)8)18(14-26)16-10-12-17(13-11-16)23(3,4)5/h10-13H,9H2,1-8H3/b21-18-. The molecule has 1 aromatic heterocycles. The van der Waals surface area contributed by atoms with Gasteiger partial charge in [0.05, 0.1) is 16.1 Å². The number of nitrogens with zero attached hydrogens (tertiary/aromatic N) is 3. The maximum absolute atomic E-state index is 12.8. The van der Waals surface area contributed by atoms with Crippen molar-refractivity contribution in [2.45, 2.75) is 67.3 Å². The summed E-state index contributed by atoms with van der Waals surface area (Å²) >= 11 is 6.54. The predicted octanol–water partition coefficient (Wildman–Crippen LogP) is 6.14. The van der Waals surface area contributed by atoms with Gasteiger partial charge < -0.3 is 4.74 Å². The van der Waals surface area contributed by atoms with Gasteiger partial charge in [-0.25, -0.2) is 0 Å². The fourth-order valence-electron chi connectivity index (χ4n) is 2.85. The molecule has 0 saturated carbocycles. The molecule has 0 fully saturated rings. The van der Waals surface area contributed by atoms with Gasteiger partial charge in [0.1, 0.15) is 17.3 Å². The molecule has 0 aliphatic rings. The van der Waals surface area contributed by atoms with Crippen molar-refractivity contribution in [1.29, 1.82) is 5.26 Å². The highest BCUT2D eigenvalue weighted by atomic mass is 35.5. The minimum atomic E-state index is -0.750. The van der Waals surface area contributed by atoms with Gasteiger partial charge in [-0.1, -0.05) is 56.6 Å². The van der Waals surface area contributed by atoms with Gasteiger partial charge in [-0.3, -0.25) is 9.48 Å². The molecule has 0 radical (unpaired) electrons. The van der Waals surface area contributed by atoms with Crippen molar-refractivity contribution in [2.75, 3.05) is 0 Å². The molecule has 30 heavy (non-hydrogen) atoms. The highest BCUT2D eigenvalue weighted by Gasteiger charge is 2.30. The minimum Gasteiger partial charge on any atom is -0.422 e. The van der Waals surface area contributed by atoms with Crippen molar-refractivity contribution in [2.24, 2.45) is 5.41 Å². The molecule has 0 aliphatic carbocycles. The van der Waals surface area contributed by atoms with Gasteiger partial charge in [0.2, 0.25) is 0 Å². The van der Waals surface area contributed by atoms with Crippen molar-refractivity contribution >= 4 is 28.9 Å². The Bertz CT molecular complexity index is 1010. The zero-order valence-electron chi connectivity index (χ0n) is 19.1. The molecule has 0 atom stereocenters. The Labute approximate surface area is 184 Å². The summed E-state index contributed by atoms with van der Waals surface area (Å²) in [5.41, 5.74) is 2.32. The number of aromatic nitrogens is 2. The quantitative estimate of drug-likeness (QED) is 0.333. The first-order chi connectivity index (χ1) is 13.8. The van der Waals surface area contributed by atoms with Crippen LogP contribution in [0.1, 0.15) is 71.0 Å². The summed E-state index contributed by atoms with van der Waals surface area (Å²) in [6.07, 6.45) is 0. The third-order valence-corrected chi connectivity index (χ3v) is 5.21. The van der Waals surface area contributed by atoms with Gasteiger partial charge in [-0.2, -0.15) is 10.4 Å². The number of nitriles is 1. The highest BCUT2D eigenvalue weighted by molar-refractivity contribution is 6.33. The van der Waals surface area contributed by atoms with Gasteiger partial charge >= 0.3 is 5.97 Å². The molecule has 0 bridgehead atoms. The number of allylic oxidation sites excluding steroid dienone is 1. The molecule has 1 heterocycles. The molecule has 2 rings (SSSR count). The molecule has 0 N–H and O–H groups in total.